The summed E-state index contributed by atoms with van der Waals surface area (Å²) in [5.74, 6) is -0.257. The summed E-state index contributed by atoms with van der Waals surface area (Å²) in [6.45, 7) is 5.68. The molecule has 1 N–H and O–H groups in total. The third-order valence-corrected chi connectivity index (χ3v) is 6.23. The number of carbonyl (C=O) groups excluding carboxylic acids is 1. The zero-order valence-electron chi connectivity index (χ0n) is 15.2. The van der Waals surface area contributed by atoms with Crippen molar-refractivity contribution in [2.24, 2.45) is 10.2 Å². The minimum atomic E-state index is -0.992. The average molecular weight is 369 g/mol. The van der Waals surface area contributed by atoms with Crippen LogP contribution >= 0.6 is 11.3 Å². The molecule has 0 fully saturated rings. The Kier molecular flexibility index (Phi) is 4.63. The van der Waals surface area contributed by atoms with Crippen LogP contribution in [0.5, 0.6) is 0 Å². The molecule has 2 aliphatic heterocycles. The van der Waals surface area contributed by atoms with Crippen LogP contribution in [0.15, 0.2) is 28.4 Å². The van der Waals surface area contributed by atoms with Gasteiger partial charge in [-0.05, 0) is 74.4 Å². The van der Waals surface area contributed by atoms with Gasteiger partial charge in [0.25, 0.3) is 0 Å². The van der Waals surface area contributed by atoms with Crippen molar-refractivity contribution >= 4 is 33.5 Å². The highest BCUT2D eigenvalue weighted by molar-refractivity contribution is 7.17. The normalized spacial score (nSPS) is 17.4. The van der Waals surface area contributed by atoms with E-state index in [2.05, 4.69) is 27.3 Å². The molecule has 4 rings (SSSR count). The van der Waals surface area contributed by atoms with E-state index < -0.39 is 6.10 Å². The van der Waals surface area contributed by atoms with Crippen molar-refractivity contribution in [2.75, 3.05) is 18.0 Å². The number of anilines is 1. The summed E-state index contributed by atoms with van der Waals surface area (Å²) < 4.78 is 0. The lowest BCUT2D eigenvalue weighted by molar-refractivity contribution is 0.0783. The van der Waals surface area contributed by atoms with E-state index in [1.807, 2.05) is 13.0 Å². The van der Waals surface area contributed by atoms with Crippen molar-refractivity contribution in [3.05, 3.63) is 39.8 Å². The topological polar surface area (TPSA) is 65.3 Å². The molecular formula is C20H23N3O2S. The van der Waals surface area contributed by atoms with Crippen molar-refractivity contribution in [1.82, 2.24) is 0 Å². The summed E-state index contributed by atoms with van der Waals surface area (Å²) in [4.78, 5) is 15.1. The number of aryl methyl sites for hydroxylation is 3. The molecule has 136 valence electrons. The molecule has 26 heavy (non-hydrogen) atoms. The number of carbonyl (C=O) groups is 1. The van der Waals surface area contributed by atoms with Gasteiger partial charge in [0.15, 0.2) is 0 Å². The monoisotopic (exact) mass is 369 g/mol. The van der Waals surface area contributed by atoms with E-state index in [1.165, 1.54) is 47.9 Å². The van der Waals surface area contributed by atoms with Crippen LogP contribution in [0, 0.1) is 6.92 Å². The van der Waals surface area contributed by atoms with Gasteiger partial charge in [0, 0.05) is 18.8 Å². The summed E-state index contributed by atoms with van der Waals surface area (Å²) in [6, 6.07) is 6.16. The number of azo groups is 1. The molecule has 0 aliphatic carbocycles. The maximum atomic E-state index is 12.0. The number of hydrogen-bond acceptors (Lipinski definition) is 6. The molecule has 2 aliphatic rings. The maximum absolute atomic E-state index is 12.0. The van der Waals surface area contributed by atoms with E-state index in [-0.39, 0.29) is 5.78 Å². The largest absolute Gasteiger partial charge is 0.385 e. The van der Waals surface area contributed by atoms with Gasteiger partial charge in [-0.3, -0.25) is 4.79 Å². The van der Waals surface area contributed by atoms with Gasteiger partial charge in [0.1, 0.15) is 11.1 Å². The van der Waals surface area contributed by atoms with E-state index in [9.17, 15) is 9.90 Å². The van der Waals surface area contributed by atoms with Crippen molar-refractivity contribution in [3.63, 3.8) is 0 Å². The number of aliphatic hydroxyl groups excluding tert-OH is 1. The van der Waals surface area contributed by atoms with E-state index in [4.69, 9.17) is 0 Å². The zero-order chi connectivity index (χ0) is 18.3. The number of rotatable bonds is 4. The van der Waals surface area contributed by atoms with Gasteiger partial charge < -0.3 is 10.0 Å². The van der Waals surface area contributed by atoms with Crippen LogP contribution < -0.4 is 4.90 Å². The van der Waals surface area contributed by atoms with Gasteiger partial charge in [-0.25, -0.2) is 0 Å². The predicted molar refractivity (Wildman–Crippen MR) is 105 cm³/mol. The van der Waals surface area contributed by atoms with Crippen molar-refractivity contribution in [1.29, 1.82) is 0 Å². The Hall–Kier alpha value is -2.05. The minimum absolute atomic E-state index is 0.257. The molecule has 0 radical (unpaired) electrons. The molecule has 0 saturated heterocycles. The number of thiophene rings is 1. The molecule has 3 heterocycles. The Balaban J connectivity index is 1.62. The lowest BCUT2D eigenvalue weighted by atomic mass is 9.91. The van der Waals surface area contributed by atoms with E-state index >= 15 is 0 Å². The second-order valence-corrected chi connectivity index (χ2v) is 8.17. The molecule has 0 amide bonds. The van der Waals surface area contributed by atoms with Crippen LogP contribution in [0.1, 0.15) is 46.1 Å². The van der Waals surface area contributed by atoms with Crippen LogP contribution in [0.2, 0.25) is 0 Å². The first-order chi connectivity index (χ1) is 12.5. The van der Waals surface area contributed by atoms with Gasteiger partial charge in [-0.1, -0.05) is 0 Å². The quantitative estimate of drug-likeness (QED) is 0.626. The Labute approximate surface area is 157 Å². The van der Waals surface area contributed by atoms with E-state index in [1.54, 1.807) is 0 Å². The zero-order valence-corrected chi connectivity index (χ0v) is 16.0. The van der Waals surface area contributed by atoms with Crippen molar-refractivity contribution in [3.8, 4) is 0 Å². The highest BCUT2D eigenvalue weighted by Crippen LogP contribution is 2.39. The summed E-state index contributed by atoms with van der Waals surface area (Å²) in [6.07, 6.45) is 3.61. The molecule has 6 heteroatoms. The first-order valence-corrected chi connectivity index (χ1v) is 10.00. The second kappa shape index (κ2) is 6.93. The fourth-order valence-electron chi connectivity index (χ4n) is 3.90. The molecule has 1 atom stereocenters. The number of nitrogens with zero attached hydrogens (tertiary/aromatic N) is 3. The molecule has 5 nitrogen and oxygen atoms in total. The van der Waals surface area contributed by atoms with Crippen LogP contribution in [0.25, 0.3) is 0 Å². The van der Waals surface area contributed by atoms with Crippen LogP contribution in [-0.4, -0.2) is 30.1 Å². The highest BCUT2D eigenvalue weighted by atomic mass is 32.1. The lowest BCUT2D eigenvalue weighted by Crippen LogP contribution is -2.34. The fraction of sp³-hybridized carbons (Fsp3) is 0.450. The number of Topliss-reactive ketones (excluding diaryl/α,β-unsaturated/α-hetero) is 1. The summed E-state index contributed by atoms with van der Waals surface area (Å²) in [5, 5.41) is 19.0. The van der Waals surface area contributed by atoms with Gasteiger partial charge in [-0.15, -0.1) is 21.6 Å². The number of ketones is 1. The number of aliphatic hydroxyl groups is 1. The molecule has 0 bridgehead atoms. The van der Waals surface area contributed by atoms with Crippen LogP contribution in [-0.2, 0) is 12.8 Å². The standard InChI is InChI=1S/C20H23N3O2S/c1-12-9-17(26-20(12)19(25)13(2)24)22-21-16-10-14-5-3-7-23-8-4-6-15(11-16)18(14)23/h9-11,13,24H,3-8H2,1-2H3. The van der Waals surface area contributed by atoms with Crippen LogP contribution in [0.3, 0.4) is 0 Å². The predicted octanol–water partition coefficient (Wildman–Crippen LogP) is 4.73. The average Bonchev–Trinajstić information content (AvgIpc) is 3.00. The summed E-state index contributed by atoms with van der Waals surface area (Å²) in [5.41, 5.74) is 5.92. The Morgan fingerprint density at radius 3 is 2.42 bits per heavy atom. The lowest BCUT2D eigenvalue weighted by Gasteiger charge is -2.36. The van der Waals surface area contributed by atoms with Crippen LogP contribution in [0.4, 0.5) is 16.4 Å². The molecule has 1 unspecified atom stereocenters. The molecule has 1 aromatic carbocycles. The Morgan fingerprint density at radius 1 is 1.15 bits per heavy atom. The highest BCUT2D eigenvalue weighted by Gasteiger charge is 2.24. The van der Waals surface area contributed by atoms with E-state index in [0.29, 0.717) is 9.88 Å². The van der Waals surface area contributed by atoms with Gasteiger partial charge in [0.2, 0.25) is 5.78 Å². The van der Waals surface area contributed by atoms with E-state index in [0.717, 1.165) is 37.2 Å². The first-order valence-electron chi connectivity index (χ1n) is 9.18. The summed E-state index contributed by atoms with van der Waals surface area (Å²) >= 11 is 1.29. The van der Waals surface area contributed by atoms with Crippen molar-refractivity contribution < 1.29 is 9.90 Å². The van der Waals surface area contributed by atoms with Gasteiger partial charge in [-0.2, -0.15) is 0 Å². The number of hydrogen-bond donors (Lipinski definition) is 1. The molecule has 1 aromatic heterocycles. The summed E-state index contributed by atoms with van der Waals surface area (Å²) in [7, 11) is 0. The molecule has 2 aromatic rings. The molecular weight excluding hydrogens is 346 g/mol. The van der Waals surface area contributed by atoms with Gasteiger partial charge in [0.05, 0.1) is 10.6 Å². The third kappa shape index (κ3) is 3.19. The minimum Gasteiger partial charge on any atom is -0.385 e. The first kappa shape index (κ1) is 17.4. The molecule has 0 spiro atoms. The van der Waals surface area contributed by atoms with Gasteiger partial charge >= 0.3 is 0 Å². The fourth-order valence-corrected chi connectivity index (χ4v) is 4.92. The Bertz CT molecular complexity index is 854. The SMILES string of the molecule is Cc1cc(N=Nc2cc3c4c(c2)CCCN4CCC3)sc1C(=O)C(C)O. The Morgan fingerprint density at radius 2 is 1.81 bits per heavy atom. The smallest absolute Gasteiger partial charge is 0.201 e. The second-order valence-electron chi connectivity index (χ2n) is 7.14. The molecule has 0 saturated carbocycles. The number of benzene rings is 1. The maximum Gasteiger partial charge on any atom is 0.201 e. The third-order valence-electron chi connectivity index (χ3n) is 5.09. The van der Waals surface area contributed by atoms with Crippen molar-refractivity contribution in [2.45, 2.75) is 45.6 Å².